The van der Waals surface area contributed by atoms with E-state index in [1.165, 1.54) is 0 Å². The lowest BCUT2D eigenvalue weighted by molar-refractivity contribution is 0.0901. The maximum Gasteiger partial charge on any atom is 0.253 e. The van der Waals surface area contributed by atoms with E-state index in [2.05, 4.69) is 5.10 Å². The highest BCUT2D eigenvalue weighted by atomic mass is 35.5. The van der Waals surface area contributed by atoms with Gasteiger partial charge in [0.05, 0.1) is 6.42 Å². The molecular formula is C16H15Cl2N5O. The van der Waals surface area contributed by atoms with Crippen LogP contribution in [-0.4, -0.2) is 28.8 Å². The van der Waals surface area contributed by atoms with Crippen molar-refractivity contribution in [2.45, 2.75) is 19.3 Å². The van der Waals surface area contributed by atoms with E-state index in [1.54, 1.807) is 18.2 Å². The molecule has 0 saturated carbocycles. The molecule has 124 valence electrons. The summed E-state index contributed by atoms with van der Waals surface area (Å²) in [5.74, 6) is 0.128. The molecule has 2 aromatic rings. The number of benzene rings is 1. The molecule has 0 radical (unpaired) electrons. The van der Waals surface area contributed by atoms with Crippen molar-refractivity contribution in [3.63, 3.8) is 0 Å². The Labute approximate surface area is 149 Å². The van der Waals surface area contributed by atoms with Gasteiger partial charge in [-0.2, -0.15) is 9.94 Å². The lowest BCUT2D eigenvalue weighted by Crippen LogP contribution is -2.21. The van der Waals surface area contributed by atoms with E-state index in [0.717, 1.165) is 30.6 Å². The molecule has 6 nitrogen and oxygen atoms in total. The Balaban J connectivity index is 1.94. The van der Waals surface area contributed by atoms with E-state index in [0.29, 0.717) is 21.4 Å². The third kappa shape index (κ3) is 2.93. The average molecular weight is 364 g/mol. The third-order valence-electron chi connectivity index (χ3n) is 4.05. The quantitative estimate of drug-likeness (QED) is 0.904. The number of halogens is 2. The molecule has 1 aromatic heterocycles. The van der Waals surface area contributed by atoms with Gasteiger partial charge in [0.1, 0.15) is 11.6 Å². The SMILES string of the molecule is N#Cc1c(N2CCCC2)nn(C(=O)Cc2c(Cl)cccc2Cl)c1N. The largest absolute Gasteiger partial charge is 0.382 e. The van der Waals surface area contributed by atoms with Gasteiger partial charge < -0.3 is 10.6 Å². The number of aromatic nitrogens is 2. The summed E-state index contributed by atoms with van der Waals surface area (Å²) in [5, 5.41) is 14.5. The van der Waals surface area contributed by atoms with Crippen LogP contribution in [0.15, 0.2) is 18.2 Å². The summed E-state index contributed by atoms with van der Waals surface area (Å²) in [6, 6.07) is 7.09. The average Bonchev–Trinajstić information content (AvgIpc) is 3.18. The number of hydrogen-bond donors (Lipinski definition) is 1. The molecule has 1 aliphatic rings. The Morgan fingerprint density at radius 2 is 1.92 bits per heavy atom. The molecule has 0 spiro atoms. The third-order valence-corrected chi connectivity index (χ3v) is 4.75. The normalized spacial score (nSPS) is 14.0. The van der Waals surface area contributed by atoms with E-state index >= 15 is 0 Å². The van der Waals surface area contributed by atoms with Crippen LogP contribution in [0.3, 0.4) is 0 Å². The second-order valence-electron chi connectivity index (χ2n) is 5.57. The number of rotatable bonds is 3. The van der Waals surface area contributed by atoms with Crippen LogP contribution in [-0.2, 0) is 6.42 Å². The van der Waals surface area contributed by atoms with E-state index in [9.17, 15) is 10.1 Å². The fourth-order valence-electron chi connectivity index (χ4n) is 2.79. The van der Waals surface area contributed by atoms with Crippen LogP contribution in [0.25, 0.3) is 0 Å². The molecule has 1 fully saturated rings. The van der Waals surface area contributed by atoms with Crippen LogP contribution in [0.2, 0.25) is 10.0 Å². The molecule has 1 saturated heterocycles. The Bertz CT molecular complexity index is 813. The number of nitrogen functional groups attached to an aromatic ring is 1. The van der Waals surface area contributed by atoms with Gasteiger partial charge >= 0.3 is 0 Å². The summed E-state index contributed by atoms with van der Waals surface area (Å²) in [7, 11) is 0. The standard InChI is InChI=1S/C16H15Cl2N5O/c17-12-4-3-5-13(18)10(12)8-14(24)23-15(20)11(9-19)16(21-23)22-6-1-2-7-22/h3-5H,1-2,6-8,20H2. The molecule has 0 aliphatic carbocycles. The van der Waals surface area contributed by atoms with Gasteiger partial charge in [0.2, 0.25) is 0 Å². The minimum Gasteiger partial charge on any atom is -0.382 e. The molecule has 0 amide bonds. The summed E-state index contributed by atoms with van der Waals surface area (Å²) < 4.78 is 1.08. The Morgan fingerprint density at radius 3 is 2.50 bits per heavy atom. The molecule has 24 heavy (non-hydrogen) atoms. The maximum absolute atomic E-state index is 12.6. The fourth-order valence-corrected chi connectivity index (χ4v) is 3.33. The molecule has 2 N–H and O–H groups in total. The predicted octanol–water partition coefficient (Wildman–Crippen LogP) is 3.13. The lowest BCUT2D eigenvalue weighted by Gasteiger charge is -2.13. The number of hydrogen-bond acceptors (Lipinski definition) is 5. The van der Waals surface area contributed by atoms with Crippen LogP contribution >= 0.6 is 23.2 Å². The van der Waals surface area contributed by atoms with E-state index < -0.39 is 0 Å². The highest BCUT2D eigenvalue weighted by Crippen LogP contribution is 2.29. The van der Waals surface area contributed by atoms with Crippen LogP contribution in [0, 0.1) is 11.3 Å². The van der Waals surface area contributed by atoms with E-state index in [4.69, 9.17) is 28.9 Å². The first-order valence-corrected chi connectivity index (χ1v) is 8.28. The van der Waals surface area contributed by atoms with Crippen molar-refractivity contribution in [3.05, 3.63) is 39.4 Å². The Morgan fingerprint density at radius 1 is 1.29 bits per heavy atom. The zero-order valence-corrected chi connectivity index (χ0v) is 14.3. The van der Waals surface area contributed by atoms with Crippen molar-refractivity contribution >= 4 is 40.7 Å². The van der Waals surface area contributed by atoms with Crippen LogP contribution < -0.4 is 10.6 Å². The van der Waals surface area contributed by atoms with Gasteiger partial charge in [0.25, 0.3) is 5.91 Å². The molecule has 3 rings (SSSR count). The number of nitrogens with two attached hydrogens (primary N) is 1. The topological polar surface area (TPSA) is 87.9 Å². The molecule has 0 unspecified atom stereocenters. The van der Waals surface area contributed by atoms with Gasteiger partial charge in [-0.1, -0.05) is 29.3 Å². The monoisotopic (exact) mass is 363 g/mol. The summed E-state index contributed by atoms with van der Waals surface area (Å²) >= 11 is 12.2. The fraction of sp³-hybridized carbons (Fsp3) is 0.312. The van der Waals surface area contributed by atoms with Crippen molar-refractivity contribution in [1.82, 2.24) is 9.78 Å². The van der Waals surface area contributed by atoms with Crippen molar-refractivity contribution in [3.8, 4) is 6.07 Å². The Hall–Kier alpha value is -2.23. The predicted molar refractivity (Wildman–Crippen MR) is 93.6 cm³/mol. The summed E-state index contributed by atoms with van der Waals surface area (Å²) in [4.78, 5) is 14.6. The van der Waals surface area contributed by atoms with Crippen molar-refractivity contribution in [2.24, 2.45) is 0 Å². The molecule has 8 heteroatoms. The van der Waals surface area contributed by atoms with E-state index in [1.807, 2.05) is 11.0 Å². The van der Waals surface area contributed by atoms with Crippen molar-refractivity contribution in [2.75, 3.05) is 23.7 Å². The summed E-state index contributed by atoms with van der Waals surface area (Å²) in [6.07, 6.45) is 2.01. The number of nitriles is 1. The van der Waals surface area contributed by atoms with Gasteiger partial charge in [0.15, 0.2) is 11.6 Å². The molecule has 0 atom stereocenters. The van der Waals surface area contributed by atoms with E-state index in [-0.39, 0.29) is 23.7 Å². The van der Waals surface area contributed by atoms with Gasteiger partial charge in [-0.25, -0.2) is 0 Å². The van der Waals surface area contributed by atoms with Gasteiger partial charge in [-0.05, 0) is 30.5 Å². The van der Waals surface area contributed by atoms with Gasteiger partial charge in [-0.15, -0.1) is 5.10 Å². The first-order valence-electron chi connectivity index (χ1n) is 7.52. The number of carbonyl (C=O) groups excluding carboxylic acids is 1. The van der Waals surface area contributed by atoms with Crippen LogP contribution in [0.4, 0.5) is 11.6 Å². The van der Waals surface area contributed by atoms with Crippen molar-refractivity contribution < 1.29 is 4.79 Å². The molecule has 1 aliphatic heterocycles. The number of anilines is 2. The smallest absolute Gasteiger partial charge is 0.253 e. The molecule has 1 aromatic carbocycles. The minimum absolute atomic E-state index is 0.0469. The van der Waals surface area contributed by atoms with Crippen LogP contribution in [0.5, 0.6) is 0 Å². The van der Waals surface area contributed by atoms with Crippen molar-refractivity contribution in [1.29, 1.82) is 5.26 Å². The Kier molecular flexibility index (Phi) is 4.65. The number of carbonyl (C=O) groups is 1. The second-order valence-corrected chi connectivity index (χ2v) is 6.39. The number of nitrogens with zero attached hydrogens (tertiary/aromatic N) is 4. The minimum atomic E-state index is -0.385. The van der Waals surface area contributed by atoms with Crippen LogP contribution in [0.1, 0.15) is 28.8 Å². The zero-order valence-electron chi connectivity index (χ0n) is 12.8. The highest BCUT2D eigenvalue weighted by Gasteiger charge is 2.26. The molecule has 0 bridgehead atoms. The van der Waals surface area contributed by atoms with Gasteiger partial charge in [-0.3, -0.25) is 4.79 Å². The lowest BCUT2D eigenvalue weighted by atomic mass is 10.1. The highest BCUT2D eigenvalue weighted by molar-refractivity contribution is 6.36. The molecule has 2 heterocycles. The summed E-state index contributed by atoms with van der Waals surface area (Å²) in [5.41, 5.74) is 6.73. The summed E-state index contributed by atoms with van der Waals surface area (Å²) in [6.45, 7) is 1.60. The van der Waals surface area contributed by atoms with Gasteiger partial charge in [0, 0.05) is 23.1 Å². The molecular weight excluding hydrogens is 349 g/mol. The second kappa shape index (κ2) is 6.71. The zero-order chi connectivity index (χ0) is 17.3. The maximum atomic E-state index is 12.6. The first kappa shape index (κ1) is 16.6. The first-order chi connectivity index (χ1) is 11.5.